The highest BCUT2D eigenvalue weighted by Crippen LogP contribution is 2.20. The van der Waals surface area contributed by atoms with E-state index in [0.717, 1.165) is 23.5 Å². The number of rotatable bonds is 3. The first-order valence-corrected chi connectivity index (χ1v) is 5.70. The van der Waals surface area contributed by atoms with Crippen molar-refractivity contribution in [3.63, 3.8) is 0 Å². The summed E-state index contributed by atoms with van der Waals surface area (Å²) in [5, 5.41) is 4.49. The molecule has 2 rings (SSSR count). The fourth-order valence-corrected chi connectivity index (χ4v) is 1.86. The van der Waals surface area contributed by atoms with E-state index in [2.05, 4.69) is 5.10 Å². The highest BCUT2D eigenvalue weighted by molar-refractivity contribution is 6.30. The summed E-state index contributed by atoms with van der Waals surface area (Å²) in [6.07, 6.45) is 0.725. The number of nitrogens with two attached hydrogens (primary N) is 1. The Kier molecular flexibility index (Phi) is 3.45. The predicted octanol–water partition coefficient (Wildman–Crippen LogP) is 2.47. The first-order valence-electron chi connectivity index (χ1n) is 5.33. The largest absolute Gasteiger partial charge is 0.330 e. The second-order valence-electron chi connectivity index (χ2n) is 3.83. The summed E-state index contributed by atoms with van der Waals surface area (Å²) in [5.41, 5.74) is 8.12. The van der Waals surface area contributed by atoms with Crippen LogP contribution >= 0.6 is 11.6 Å². The summed E-state index contributed by atoms with van der Waals surface area (Å²) in [6.45, 7) is 2.49. The van der Waals surface area contributed by atoms with Gasteiger partial charge in [-0.3, -0.25) is 0 Å². The molecule has 0 aliphatic carbocycles. The van der Waals surface area contributed by atoms with Crippen molar-refractivity contribution in [1.82, 2.24) is 9.78 Å². The van der Waals surface area contributed by atoms with Crippen LogP contribution in [0.15, 0.2) is 24.3 Å². The highest BCUT2D eigenvalue weighted by atomic mass is 35.5. The minimum absolute atomic E-state index is 0.0952. The quantitative estimate of drug-likeness (QED) is 0.913. The molecule has 0 saturated carbocycles. The van der Waals surface area contributed by atoms with Gasteiger partial charge in [-0.2, -0.15) is 5.10 Å². The monoisotopic (exact) mass is 253 g/mol. The number of halogens is 2. The number of nitrogens with zero attached hydrogens (tertiary/aromatic N) is 2. The Morgan fingerprint density at radius 3 is 2.82 bits per heavy atom. The molecule has 0 spiro atoms. The topological polar surface area (TPSA) is 43.8 Å². The van der Waals surface area contributed by atoms with Crippen LogP contribution in [0.5, 0.6) is 0 Å². The molecule has 17 heavy (non-hydrogen) atoms. The fraction of sp³-hybridized carbons (Fsp3) is 0.250. The maximum atomic E-state index is 13.1. The van der Waals surface area contributed by atoms with Crippen LogP contribution < -0.4 is 5.73 Å². The highest BCUT2D eigenvalue weighted by Gasteiger charge is 2.08. The summed E-state index contributed by atoms with van der Waals surface area (Å²) >= 11 is 5.75. The van der Waals surface area contributed by atoms with Crippen LogP contribution in [-0.4, -0.2) is 16.3 Å². The van der Waals surface area contributed by atoms with Gasteiger partial charge in [0.15, 0.2) is 0 Å². The molecule has 0 unspecified atom stereocenters. The predicted molar refractivity (Wildman–Crippen MR) is 66.0 cm³/mol. The first-order chi connectivity index (χ1) is 8.11. The van der Waals surface area contributed by atoms with E-state index >= 15 is 0 Å². The van der Waals surface area contributed by atoms with E-state index in [-0.39, 0.29) is 5.02 Å². The Morgan fingerprint density at radius 1 is 1.41 bits per heavy atom. The van der Waals surface area contributed by atoms with Crippen LogP contribution in [0.4, 0.5) is 4.39 Å². The van der Waals surface area contributed by atoms with Crippen molar-refractivity contribution < 1.29 is 4.39 Å². The van der Waals surface area contributed by atoms with Crippen molar-refractivity contribution in [3.8, 4) is 5.69 Å². The smallest absolute Gasteiger partial charge is 0.141 e. The molecule has 0 radical (unpaired) electrons. The minimum atomic E-state index is -0.428. The van der Waals surface area contributed by atoms with Gasteiger partial charge in [-0.1, -0.05) is 11.6 Å². The molecule has 5 heteroatoms. The Morgan fingerprint density at radius 2 is 2.18 bits per heavy atom. The minimum Gasteiger partial charge on any atom is -0.330 e. The molecule has 0 aliphatic heterocycles. The third-order valence-corrected chi connectivity index (χ3v) is 2.78. The van der Waals surface area contributed by atoms with Gasteiger partial charge in [0.05, 0.1) is 16.4 Å². The average molecular weight is 254 g/mol. The van der Waals surface area contributed by atoms with E-state index in [4.69, 9.17) is 17.3 Å². The van der Waals surface area contributed by atoms with E-state index in [1.54, 1.807) is 16.8 Å². The molecule has 0 fully saturated rings. The summed E-state index contributed by atoms with van der Waals surface area (Å²) in [5.74, 6) is -0.428. The van der Waals surface area contributed by atoms with E-state index in [0.29, 0.717) is 6.54 Å². The Hall–Kier alpha value is -1.39. The van der Waals surface area contributed by atoms with Crippen LogP contribution in [0.1, 0.15) is 11.4 Å². The molecule has 0 atom stereocenters. The van der Waals surface area contributed by atoms with Crippen LogP contribution in [0.3, 0.4) is 0 Å². The standard InChI is InChI=1S/C12H13ClFN3/c1-8-6-9(4-5-15)16-17(8)10-2-3-12(14)11(13)7-10/h2-3,6-7H,4-5,15H2,1H3. The lowest BCUT2D eigenvalue weighted by atomic mass is 10.3. The van der Waals surface area contributed by atoms with Gasteiger partial charge in [-0.25, -0.2) is 9.07 Å². The van der Waals surface area contributed by atoms with Crippen molar-refractivity contribution in [2.45, 2.75) is 13.3 Å². The van der Waals surface area contributed by atoms with Gasteiger partial charge in [-0.05, 0) is 37.7 Å². The summed E-state index contributed by atoms with van der Waals surface area (Å²) in [6, 6.07) is 6.50. The van der Waals surface area contributed by atoms with Gasteiger partial charge in [0.2, 0.25) is 0 Å². The normalized spacial score (nSPS) is 10.8. The van der Waals surface area contributed by atoms with Crippen LogP contribution in [0.2, 0.25) is 5.02 Å². The van der Waals surface area contributed by atoms with Crippen LogP contribution in [0, 0.1) is 12.7 Å². The third-order valence-electron chi connectivity index (χ3n) is 2.49. The zero-order chi connectivity index (χ0) is 12.4. The maximum absolute atomic E-state index is 13.1. The summed E-state index contributed by atoms with van der Waals surface area (Å²) < 4.78 is 14.8. The van der Waals surface area contributed by atoms with Crippen molar-refractivity contribution in [3.05, 3.63) is 46.5 Å². The molecule has 0 aliphatic rings. The molecule has 0 amide bonds. The lowest BCUT2D eigenvalue weighted by Crippen LogP contribution is -2.04. The number of aryl methyl sites for hydroxylation is 1. The van der Waals surface area contributed by atoms with Gasteiger partial charge >= 0.3 is 0 Å². The fourth-order valence-electron chi connectivity index (χ4n) is 1.69. The maximum Gasteiger partial charge on any atom is 0.141 e. The van der Waals surface area contributed by atoms with Crippen molar-refractivity contribution >= 4 is 11.6 Å². The summed E-state index contributed by atoms with van der Waals surface area (Å²) in [7, 11) is 0. The lowest BCUT2D eigenvalue weighted by molar-refractivity contribution is 0.627. The average Bonchev–Trinajstić information content (AvgIpc) is 2.64. The molecule has 2 aromatic rings. The molecule has 90 valence electrons. The van der Waals surface area contributed by atoms with Gasteiger partial charge in [0.1, 0.15) is 5.82 Å². The molecule has 3 nitrogen and oxygen atoms in total. The van der Waals surface area contributed by atoms with Crippen LogP contribution in [0.25, 0.3) is 5.69 Å². The van der Waals surface area contributed by atoms with Crippen molar-refractivity contribution in [1.29, 1.82) is 0 Å². The number of aromatic nitrogens is 2. The summed E-state index contributed by atoms with van der Waals surface area (Å²) in [4.78, 5) is 0. The molecular formula is C12H13ClFN3. The SMILES string of the molecule is Cc1cc(CCN)nn1-c1ccc(F)c(Cl)c1. The van der Waals surface area contributed by atoms with E-state index in [1.165, 1.54) is 6.07 Å². The number of benzene rings is 1. The first kappa shape index (κ1) is 12.1. The van der Waals surface area contributed by atoms with E-state index in [9.17, 15) is 4.39 Å². The molecular weight excluding hydrogens is 241 g/mol. The zero-order valence-corrected chi connectivity index (χ0v) is 10.2. The van der Waals surface area contributed by atoms with Gasteiger partial charge in [-0.15, -0.1) is 0 Å². The Balaban J connectivity index is 2.41. The van der Waals surface area contributed by atoms with E-state index in [1.807, 2.05) is 13.0 Å². The second-order valence-corrected chi connectivity index (χ2v) is 4.23. The Labute approximate surface area is 104 Å². The molecule has 1 aromatic heterocycles. The van der Waals surface area contributed by atoms with Gasteiger partial charge in [0.25, 0.3) is 0 Å². The molecule has 1 heterocycles. The number of hydrogen-bond acceptors (Lipinski definition) is 2. The van der Waals surface area contributed by atoms with Crippen molar-refractivity contribution in [2.75, 3.05) is 6.54 Å². The van der Waals surface area contributed by atoms with Gasteiger partial charge in [0, 0.05) is 12.1 Å². The van der Waals surface area contributed by atoms with Gasteiger partial charge < -0.3 is 5.73 Å². The Bertz CT molecular complexity index is 537. The third kappa shape index (κ3) is 2.48. The zero-order valence-electron chi connectivity index (χ0n) is 9.45. The number of hydrogen-bond donors (Lipinski definition) is 1. The molecule has 1 aromatic carbocycles. The molecule has 2 N–H and O–H groups in total. The van der Waals surface area contributed by atoms with Crippen molar-refractivity contribution in [2.24, 2.45) is 5.73 Å². The van der Waals surface area contributed by atoms with Crippen LogP contribution in [-0.2, 0) is 6.42 Å². The lowest BCUT2D eigenvalue weighted by Gasteiger charge is -2.05. The second kappa shape index (κ2) is 4.85. The molecule has 0 saturated heterocycles. The molecule has 0 bridgehead atoms. The van der Waals surface area contributed by atoms with E-state index < -0.39 is 5.82 Å².